The lowest BCUT2D eigenvalue weighted by Gasteiger charge is -2.07. The zero-order valence-corrected chi connectivity index (χ0v) is 31.0. The van der Waals surface area contributed by atoms with Gasteiger partial charge >= 0.3 is 0 Å². The third-order valence-corrected chi connectivity index (χ3v) is 10.1. The standard InChI is InChI=1S/C42H83N2/c1-4-7-10-13-16-18-20-21-22-23-24-25-27-30-33-36-39-44-41-40-43(42(44)37-34-31-28-15-12-9-6-3)38-35-32-29-26-19-17-14-11-8-5-2/h40-41H,4-39H2,1-3H3/q+1. The van der Waals surface area contributed by atoms with E-state index in [4.69, 9.17) is 0 Å². The number of imidazole rings is 1. The van der Waals surface area contributed by atoms with Crippen LogP contribution in [0.2, 0.25) is 0 Å². The monoisotopic (exact) mass is 616 g/mol. The molecule has 44 heavy (non-hydrogen) atoms. The van der Waals surface area contributed by atoms with Crippen LogP contribution in [0, 0.1) is 0 Å². The van der Waals surface area contributed by atoms with E-state index in [1.54, 1.807) is 5.82 Å². The molecule has 260 valence electrons. The van der Waals surface area contributed by atoms with Crippen LogP contribution in [0.25, 0.3) is 0 Å². The first-order chi connectivity index (χ1) is 21.8. The molecule has 0 saturated heterocycles. The van der Waals surface area contributed by atoms with Gasteiger partial charge in [0.2, 0.25) is 0 Å². The molecule has 0 amide bonds. The average Bonchev–Trinajstić information content (AvgIpc) is 3.42. The maximum atomic E-state index is 2.64. The smallest absolute Gasteiger partial charge is 0.234 e. The van der Waals surface area contributed by atoms with Gasteiger partial charge in [-0.1, -0.05) is 201 Å². The van der Waals surface area contributed by atoms with Crippen LogP contribution in [-0.2, 0) is 19.5 Å². The molecule has 0 spiro atoms. The molecular weight excluding hydrogens is 532 g/mol. The van der Waals surface area contributed by atoms with Crippen molar-refractivity contribution in [2.75, 3.05) is 0 Å². The summed E-state index contributed by atoms with van der Waals surface area (Å²) in [5.74, 6) is 1.62. The van der Waals surface area contributed by atoms with E-state index in [0.29, 0.717) is 0 Å². The zero-order chi connectivity index (χ0) is 31.6. The Bertz CT molecular complexity index is 677. The summed E-state index contributed by atoms with van der Waals surface area (Å²) in [6.07, 6.45) is 53.4. The van der Waals surface area contributed by atoms with E-state index in [9.17, 15) is 0 Å². The molecule has 2 heteroatoms. The molecule has 0 aliphatic heterocycles. The number of nitrogens with zero attached hydrogens (tertiary/aromatic N) is 2. The van der Waals surface area contributed by atoms with Crippen molar-refractivity contribution in [3.05, 3.63) is 18.2 Å². The van der Waals surface area contributed by atoms with Gasteiger partial charge in [0.15, 0.2) is 0 Å². The first-order valence-corrected chi connectivity index (χ1v) is 20.9. The van der Waals surface area contributed by atoms with Crippen molar-refractivity contribution in [3.63, 3.8) is 0 Å². The molecule has 1 heterocycles. The fraction of sp³-hybridized carbons (Fsp3) is 0.929. The summed E-state index contributed by atoms with van der Waals surface area (Å²) < 4.78 is 5.27. The van der Waals surface area contributed by atoms with Gasteiger partial charge in [-0.05, 0) is 32.1 Å². The summed E-state index contributed by atoms with van der Waals surface area (Å²) >= 11 is 0. The predicted molar refractivity (Wildman–Crippen MR) is 198 cm³/mol. The van der Waals surface area contributed by atoms with Crippen LogP contribution in [0.3, 0.4) is 0 Å². The molecule has 0 aromatic carbocycles. The van der Waals surface area contributed by atoms with Crippen LogP contribution in [0.5, 0.6) is 0 Å². The number of aryl methyl sites for hydroxylation is 2. The second kappa shape index (κ2) is 33.6. The number of hydrogen-bond acceptors (Lipinski definition) is 0. The van der Waals surface area contributed by atoms with Crippen molar-refractivity contribution in [1.82, 2.24) is 4.57 Å². The van der Waals surface area contributed by atoms with Gasteiger partial charge < -0.3 is 0 Å². The van der Waals surface area contributed by atoms with E-state index in [-0.39, 0.29) is 0 Å². The lowest BCUT2D eigenvalue weighted by Crippen LogP contribution is -2.37. The molecule has 0 saturated carbocycles. The summed E-state index contributed by atoms with van der Waals surface area (Å²) in [6.45, 7) is 9.41. The van der Waals surface area contributed by atoms with Gasteiger partial charge in [0.25, 0.3) is 5.82 Å². The van der Waals surface area contributed by atoms with Crippen LogP contribution in [0.4, 0.5) is 0 Å². The summed E-state index contributed by atoms with van der Waals surface area (Å²) in [7, 11) is 0. The highest BCUT2D eigenvalue weighted by molar-refractivity contribution is 4.84. The van der Waals surface area contributed by atoms with Crippen LogP contribution in [-0.4, -0.2) is 4.57 Å². The molecule has 0 radical (unpaired) electrons. The van der Waals surface area contributed by atoms with Gasteiger partial charge in [0.1, 0.15) is 12.4 Å². The first kappa shape index (κ1) is 41.2. The van der Waals surface area contributed by atoms with E-state index in [2.05, 4.69) is 42.3 Å². The lowest BCUT2D eigenvalue weighted by atomic mass is 10.0. The molecular formula is C42H83N2+. The van der Waals surface area contributed by atoms with E-state index in [0.717, 1.165) is 0 Å². The van der Waals surface area contributed by atoms with Crippen LogP contribution in [0.15, 0.2) is 12.4 Å². The Morgan fingerprint density at radius 3 is 1.09 bits per heavy atom. The van der Waals surface area contributed by atoms with Crippen molar-refractivity contribution in [3.8, 4) is 0 Å². The highest BCUT2D eigenvalue weighted by Gasteiger charge is 2.16. The van der Waals surface area contributed by atoms with E-state index >= 15 is 0 Å². The second-order valence-electron chi connectivity index (χ2n) is 14.5. The van der Waals surface area contributed by atoms with Crippen molar-refractivity contribution < 1.29 is 4.57 Å². The average molecular weight is 616 g/mol. The number of aromatic nitrogens is 2. The quantitative estimate of drug-likeness (QED) is 0.0524. The summed E-state index contributed by atoms with van der Waals surface area (Å²) in [5, 5.41) is 0. The van der Waals surface area contributed by atoms with Crippen molar-refractivity contribution in [1.29, 1.82) is 0 Å². The van der Waals surface area contributed by atoms with Gasteiger partial charge in [-0.25, -0.2) is 9.13 Å². The molecule has 2 nitrogen and oxygen atoms in total. The minimum Gasteiger partial charge on any atom is -0.234 e. The van der Waals surface area contributed by atoms with Gasteiger partial charge in [0.05, 0.1) is 13.1 Å². The minimum absolute atomic E-state index is 1.23. The lowest BCUT2D eigenvalue weighted by molar-refractivity contribution is -0.704. The Morgan fingerprint density at radius 2 is 0.705 bits per heavy atom. The summed E-state index contributed by atoms with van der Waals surface area (Å²) in [6, 6.07) is 0. The Kier molecular flexibility index (Phi) is 31.5. The van der Waals surface area contributed by atoms with Crippen molar-refractivity contribution in [2.24, 2.45) is 0 Å². The van der Waals surface area contributed by atoms with Crippen LogP contribution >= 0.6 is 0 Å². The largest absolute Gasteiger partial charge is 0.256 e. The molecule has 0 bridgehead atoms. The number of unbranched alkanes of at least 4 members (excludes halogenated alkanes) is 30. The number of hydrogen-bond donors (Lipinski definition) is 0. The fourth-order valence-electron chi connectivity index (χ4n) is 7.03. The van der Waals surface area contributed by atoms with E-state index in [1.807, 2.05) is 0 Å². The SMILES string of the molecule is CCCCCCCCCCCCCCCCCC[n+]1ccn(CCCCCCCCCCCC)c1CCCCCCCCC. The van der Waals surface area contributed by atoms with Gasteiger partial charge in [-0.15, -0.1) is 0 Å². The third-order valence-electron chi connectivity index (χ3n) is 10.1. The third kappa shape index (κ3) is 25.4. The Morgan fingerprint density at radius 1 is 0.386 bits per heavy atom. The maximum absolute atomic E-state index is 2.64. The highest BCUT2D eigenvalue weighted by Crippen LogP contribution is 2.15. The van der Waals surface area contributed by atoms with Gasteiger partial charge in [-0.2, -0.15) is 0 Å². The molecule has 1 aromatic rings. The van der Waals surface area contributed by atoms with Crippen LogP contribution in [0.1, 0.15) is 238 Å². The number of rotatable bonds is 36. The molecule has 0 aliphatic carbocycles. The van der Waals surface area contributed by atoms with Gasteiger partial charge in [0, 0.05) is 6.42 Å². The summed E-state index contributed by atoms with van der Waals surface area (Å²) in [5.41, 5.74) is 0. The molecule has 1 rings (SSSR count). The second-order valence-corrected chi connectivity index (χ2v) is 14.5. The Balaban J connectivity index is 2.21. The maximum Gasteiger partial charge on any atom is 0.256 e. The van der Waals surface area contributed by atoms with Crippen molar-refractivity contribution in [2.45, 2.75) is 252 Å². The summed E-state index contributed by atoms with van der Waals surface area (Å²) in [4.78, 5) is 0. The zero-order valence-electron chi connectivity index (χ0n) is 31.0. The van der Waals surface area contributed by atoms with E-state index < -0.39 is 0 Å². The fourth-order valence-corrected chi connectivity index (χ4v) is 7.03. The Hall–Kier alpha value is -0.790. The van der Waals surface area contributed by atoms with Gasteiger partial charge in [-0.3, -0.25) is 0 Å². The minimum atomic E-state index is 1.23. The van der Waals surface area contributed by atoms with Crippen molar-refractivity contribution >= 4 is 0 Å². The van der Waals surface area contributed by atoms with E-state index in [1.165, 1.54) is 231 Å². The normalized spacial score (nSPS) is 11.6. The topological polar surface area (TPSA) is 8.81 Å². The highest BCUT2D eigenvalue weighted by atomic mass is 15.1. The molecule has 0 aliphatic rings. The molecule has 0 unspecified atom stereocenters. The van der Waals surface area contributed by atoms with Crippen LogP contribution < -0.4 is 4.57 Å². The molecule has 1 aromatic heterocycles. The molecule has 0 atom stereocenters. The first-order valence-electron chi connectivity index (χ1n) is 20.9. The predicted octanol–water partition coefficient (Wildman–Crippen LogP) is 14.3. The molecule has 0 fully saturated rings. The Labute approximate surface area is 279 Å². The molecule has 0 N–H and O–H groups in total.